The summed E-state index contributed by atoms with van der Waals surface area (Å²) in [6.07, 6.45) is 0. The van der Waals surface area contributed by atoms with Crippen molar-refractivity contribution >= 4 is 45.3 Å². The van der Waals surface area contributed by atoms with Gasteiger partial charge in [0.15, 0.2) is 6.61 Å². The first-order valence-electron chi connectivity index (χ1n) is 6.94. The van der Waals surface area contributed by atoms with Crippen molar-refractivity contribution in [2.45, 2.75) is 11.8 Å². The van der Waals surface area contributed by atoms with Gasteiger partial charge in [0.25, 0.3) is 5.91 Å². The van der Waals surface area contributed by atoms with E-state index in [-0.39, 0.29) is 18.3 Å². The standard InChI is InChI=1S/C17H16BrNO3S/c1-12-7-8-15(14(18)9-12)19-16(20)10-22-17(21)11-23-13-5-3-2-4-6-13/h2-9H,10-11H2,1H3,(H,19,20). The van der Waals surface area contributed by atoms with Crippen molar-refractivity contribution in [2.24, 2.45) is 0 Å². The number of benzene rings is 2. The number of nitrogens with one attached hydrogen (secondary N) is 1. The molecular formula is C17H16BrNO3S. The van der Waals surface area contributed by atoms with Crippen LogP contribution in [0.15, 0.2) is 57.9 Å². The minimum absolute atomic E-state index is 0.172. The van der Waals surface area contributed by atoms with E-state index in [2.05, 4.69) is 21.2 Å². The Morgan fingerprint density at radius 1 is 1.17 bits per heavy atom. The highest BCUT2D eigenvalue weighted by Crippen LogP contribution is 2.23. The van der Waals surface area contributed by atoms with Crippen LogP contribution in [0.1, 0.15) is 5.56 Å². The number of carbonyl (C=O) groups excluding carboxylic acids is 2. The molecule has 1 amide bonds. The third-order valence-electron chi connectivity index (χ3n) is 2.86. The molecule has 4 nitrogen and oxygen atoms in total. The quantitative estimate of drug-likeness (QED) is 0.594. The molecule has 0 bridgehead atoms. The van der Waals surface area contributed by atoms with Crippen LogP contribution in [0.3, 0.4) is 0 Å². The lowest BCUT2D eigenvalue weighted by Crippen LogP contribution is -2.21. The topological polar surface area (TPSA) is 55.4 Å². The van der Waals surface area contributed by atoms with Gasteiger partial charge in [0.1, 0.15) is 0 Å². The van der Waals surface area contributed by atoms with Gasteiger partial charge in [-0.3, -0.25) is 9.59 Å². The second-order valence-corrected chi connectivity index (χ2v) is 6.70. The Morgan fingerprint density at radius 2 is 1.91 bits per heavy atom. The van der Waals surface area contributed by atoms with Crippen molar-refractivity contribution in [3.8, 4) is 0 Å². The zero-order chi connectivity index (χ0) is 16.7. The number of hydrogen-bond acceptors (Lipinski definition) is 4. The summed E-state index contributed by atoms with van der Waals surface area (Å²) in [5, 5.41) is 2.70. The van der Waals surface area contributed by atoms with Crippen LogP contribution >= 0.6 is 27.7 Å². The fraction of sp³-hybridized carbons (Fsp3) is 0.176. The summed E-state index contributed by atoms with van der Waals surface area (Å²) >= 11 is 4.76. The van der Waals surface area contributed by atoms with E-state index in [1.807, 2.05) is 49.4 Å². The van der Waals surface area contributed by atoms with Crippen molar-refractivity contribution in [3.63, 3.8) is 0 Å². The first-order chi connectivity index (χ1) is 11.0. The zero-order valence-electron chi connectivity index (χ0n) is 12.5. The van der Waals surface area contributed by atoms with E-state index >= 15 is 0 Å². The molecule has 0 aliphatic carbocycles. The average molecular weight is 394 g/mol. The van der Waals surface area contributed by atoms with Gasteiger partial charge < -0.3 is 10.1 Å². The number of hydrogen-bond donors (Lipinski definition) is 1. The maximum atomic E-state index is 11.8. The summed E-state index contributed by atoms with van der Waals surface area (Å²) in [6, 6.07) is 15.1. The number of ether oxygens (including phenoxy) is 1. The van der Waals surface area contributed by atoms with Crippen molar-refractivity contribution in [1.29, 1.82) is 0 Å². The lowest BCUT2D eigenvalue weighted by atomic mass is 10.2. The smallest absolute Gasteiger partial charge is 0.316 e. The summed E-state index contributed by atoms with van der Waals surface area (Å²) in [4.78, 5) is 24.4. The van der Waals surface area contributed by atoms with Crippen LogP contribution in [-0.2, 0) is 14.3 Å². The van der Waals surface area contributed by atoms with Crippen LogP contribution in [0.25, 0.3) is 0 Å². The van der Waals surface area contributed by atoms with Crippen LogP contribution in [0.2, 0.25) is 0 Å². The highest BCUT2D eigenvalue weighted by atomic mass is 79.9. The van der Waals surface area contributed by atoms with Gasteiger partial charge in [0.05, 0.1) is 11.4 Å². The first kappa shape index (κ1) is 17.6. The molecule has 0 aliphatic heterocycles. The van der Waals surface area contributed by atoms with Crippen LogP contribution in [0.4, 0.5) is 5.69 Å². The highest BCUT2D eigenvalue weighted by molar-refractivity contribution is 9.10. The van der Waals surface area contributed by atoms with E-state index in [1.165, 1.54) is 11.8 Å². The minimum Gasteiger partial charge on any atom is -0.455 e. The SMILES string of the molecule is Cc1ccc(NC(=O)COC(=O)CSc2ccccc2)c(Br)c1. The van der Waals surface area contributed by atoms with E-state index in [9.17, 15) is 9.59 Å². The second-order valence-electron chi connectivity index (χ2n) is 4.79. The van der Waals surface area contributed by atoms with Crippen molar-refractivity contribution in [2.75, 3.05) is 17.7 Å². The summed E-state index contributed by atoms with van der Waals surface area (Å²) in [7, 11) is 0. The third kappa shape index (κ3) is 6.08. The lowest BCUT2D eigenvalue weighted by Gasteiger charge is -2.08. The fourth-order valence-electron chi connectivity index (χ4n) is 1.75. The number of carbonyl (C=O) groups is 2. The van der Waals surface area contributed by atoms with E-state index in [0.717, 1.165) is 14.9 Å². The van der Waals surface area contributed by atoms with Crippen LogP contribution in [0, 0.1) is 6.92 Å². The van der Waals surface area contributed by atoms with Gasteiger partial charge in [-0.05, 0) is 52.7 Å². The maximum Gasteiger partial charge on any atom is 0.316 e. The van der Waals surface area contributed by atoms with E-state index in [4.69, 9.17) is 4.74 Å². The first-order valence-corrected chi connectivity index (χ1v) is 8.72. The number of esters is 1. The number of anilines is 1. The summed E-state index contributed by atoms with van der Waals surface area (Å²) < 4.78 is 5.76. The van der Waals surface area contributed by atoms with E-state index in [1.54, 1.807) is 6.07 Å². The molecule has 2 aromatic rings. The monoisotopic (exact) mass is 393 g/mol. The van der Waals surface area contributed by atoms with Crippen LogP contribution in [-0.4, -0.2) is 24.2 Å². The molecule has 0 aliphatic rings. The molecule has 0 aromatic heterocycles. The van der Waals surface area contributed by atoms with Gasteiger partial charge in [-0.1, -0.05) is 24.3 Å². The van der Waals surface area contributed by atoms with Gasteiger partial charge in [0, 0.05) is 9.37 Å². The molecule has 23 heavy (non-hydrogen) atoms. The van der Waals surface area contributed by atoms with Crippen molar-refractivity contribution in [3.05, 3.63) is 58.6 Å². The van der Waals surface area contributed by atoms with Gasteiger partial charge in [-0.15, -0.1) is 11.8 Å². The van der Waals surface area contributed by atoms with Crippen LogP contribution < -0.4 is 5.32 Å². The average Bonchev–Trinajstić information content (AvgIpc) is 2.54. The number of amides is 1. The molecular weight excluding hydrogens is 378 g/mol. The third-order valence-corrected chi connectivity index (χ3v) is 4.50. The Balaban J connectivity index is 1.74. The summed E-state index contributed by atoms with van der Waals surface area (Å²) in [5.41, 5.74) is 1.73. The molecule has 2 rings (SSSR count). The Labute approximate surface area is 147 Å². The molecule has 2 aromatic carbocycles. The number of rotatable bonds is 6. The normalized spacial score (nSPS) is 10.2. The molecule has 0 heterocycles. The Morgan fingerprint density at radius 3 is 2.61 bits per heavy atom. The zero-order valence-corrected chi connectivity index (χ0v) is 14.9. The Hall–Kier alpha value is -1.79. The molecule has 0 radical (unpaired) electrons. The minimum atomic E-state index is -0.419. The van der Waals surface area contributed by atoms with E-state index < -0.39 is 5.97 Å². The molecule has 0 spiro atoms. The number of thioether (sulfide) groups is 1. The second kappa shape index (κ2) is 8.74. The summed E-state index contributed by atoms with van der Waals surface area (Å²) in [6.45, 7) is 1.66. The van der Waals surface area contributed by atoms with Gasteiger partial charge in [-0.2, -0.15) is 0 Å². The van der Waals surface area contributed by atoms with Crippen LogP contribution in [0.5, 0.6) is 0 Å². The summed E-state index contributed by atoms with van der Waals surface area (Å²) in [5.74, 6) is -0.615. The predicted octanol–water partition coefficient (Wildman–Crippen LogP) is 4.03. The molecule has 0 saturated heterocycles. The molecule has 0 atom stereocenters. The maximum absolute atomic E-state index is 11.8. The molecule has 0 unspecified atom stereocenters. The number of halogens is 1. The fourth-order valence-corrected chi connectivity index (χ4v) is 3.06. The molecule has 120 valence electrons. The Kier molecular flexibility index (Phi) is 6.67. The van der Waals surface area contributed by atoms with Crippen molar-refractivity contribution in [1.82, 2.24) is 0 Å². The van der Waals surface area contributed by atoms with Gasteiger partial charge >= 0.3 is 5.97 Å². The van der Waals surface area contributed by atoms with Gasteiger partial charge in [-0.25, -0.2) is 0 Å². The molecule has 1 N–H and O–H groups in total. The molecule has 6 heteroatoms. The van der Waals surface area contributed by atoms with Gasteiger partial charge in [0.2, 0.25) is 0 Å². The lowest BCUT2D eigenvalue weighted by molar-refractivity contribution is -0.144. The highest BCUT2D eigenvalue weighted by Gasteiger charge is 2.10. The molecule has 0 saturated carbocycles. The van der Waals surface area contributed by atoms with E-state index in [0.29, 0.717) is 5.69 Å². The molecule has 0 fully saturated rings. The largest absolute Gasteiger partial charge is 0.455 e. The number of aryl methyl sites for hydroxylation is 1. The van der Waals surface area contributed by atoms with Crippen molar-refractivity contribution < 1.29 is 14.3 Å². The Bertz CT molecular complexity index is 691. The predicted molar refractivity (Wildman–Crippen MR) is 95.6 cm³/mol.